The molecule has 0 radical (unpaired) electrons. The van der Waals surface area contributed by atoms with Crippen molar-refractivity contribution >= 4 is 28.9 Å². The number of carbonyl (C=O) groups excluding carboxylic acids is 2. The number of halogens is 1. The van der Waals surface area contributed by atoms with Crippen LogP contribution in [0.1, 0.15) is 41.4 Å². The summed E-state index contributed by atoms with van der Waals surface area (Å²) in [6.07, 6.45) is 9.81. The Labute approximate surface area is 206 Å². The predicted molar refractivity (Wildman–Crippen MR) is 133 cm³/mol. The molecule has 8 heteroatoms. The molecular formula is C28H22FN5O2. The smallest absolute Gasteiger partial charge is 0.254 e. The summed E-state index contributed by atoms with van der Waals surface area (Å²) >= 11 is 0. The van der Waals surface area contributed by atoms with Crippen molar-refractivity contribution in [1.29, 1.82) is 0 Å². The van der Waals surface area contributed by atoms with E-state index in [2.05, 4.69) is 38.5 Å². The summed E-state index contributed by atoms with van der Waals surface area (Å²) in [4.78, 5) is 36.5. The van der Waals surface area contributed by atoms with Gasteiger partial charge in [0.25, 0.3) is 5.91 Å². The lowest BCUT2D eigenvalue weighted by Gasteiger charge is -2.17. The molecule has 1 saturated carbocycles. The van der Waals surface area contributed by atoms with Crippen LogP contribution in [0.15, 0.2) is 73.3 Å². The van der Waals surface area contributed by atoms with Crippen molar-refractivity contribution in [3.8, 4) is 11.1 Å². The van der Waals surface area contributed by atoms with E-state index in [1.807, 2.05) is 28.9 Å². The van der Waals surface area contributed by atoms with E-state index < -0.39 is 17.8 Å². The lowest BCUT2D eigenvalue weighted by atomic mass is 9.91. The summed E-state index contributed by atoms with van der Waals surface area (Å²) in [5, 5.41) is 3.54. The van der Waals surface area contributed by atoms with Crippen LogP contribution < -0.4 is 5.32 Å². The lowest BCUT2D eigenvalue weighted by Crippen LogP contribution is -2.34. The van der Waals surface area contributed by atoms with Crippen LogP contribution in [0.25, 0.3) is 27.8 Å². The van der Waals surface area contributed by atoms with Crippen molar-refractivity contribution in [1.82, 2.24) is 24.7 Å². The zero-order valence-corrected chi connectivity index (χ0v) is 19.5. The molecule has 0 spiro atoms. The Hall–Kier alpha value is -4.46. The van der Waals surface area contributed by atoms with Gasteiger partial charge in [-0.3, -0.25) is 14.2 Å². The first kappa shape index (κ1) is 22.0. The molecule has 0 bridgehead atoms. The van der Waals surface area contributed by atoms with E-state index in [-0.39, 0.29) is 11.0 Å². The van der Waals surface area contributed by atoms with Gasteiger partial charge in [-0.25, -0.2) is 14.4 Å². The molecule has 6 rings (SSSR count). The number of nitrogens with one attached hydrogen (secondary N) is 1. The number of aromatic nitrogens is 4. The number of pyridine rings is 1. The van der Waals surface area contributed by atoms with E-state index in [9.17, 15) is 14.0 Å². The first-order valence-corrected chi connectivity index (χ1v) is 11.7. The monoisotopic (exact) mass is 479 g/mol. The normalized spacial score (nSPS) is 15.1. The molecule has 1 N–H and O–H groups in total. The molecule has 1 atom stereocenters. The van der Waals surface area contributed by atoms with Crippen LogP contribution in [-0.2, 0) is 10.2 Å². The van der Waals surface area contributed by atoms with Gasteiger partial charge in [0, 0.05) is 35.0 Å². The SMILES string of the molecule is CC(C=O)NC(=O)c1ccc(-c2cnc3ncc(C4(c5ccc6ncccc6c5)CC4)n3c2)cc1F. The van der Waals surface area contributed by atoms with E-state index in [4.69, 9.17) is 0 Å². The Bertz CT molecular complexity index is 1660. The molecule has 1 aliphatic carbocycles. The fourth-order valence-corrected chi connectivity index (χ4v) is 4.77. The Morgan fingerprint density at radius 3 is 2.69 bits per heavy atom. The maximum atomic E-state index is 14.8. The molecule has 1 unspecified atom stereocenters. The van der Waals surface area contributed by atoms with Crippen LogP contribution in [0.4, 0.5) is 4.39 Å². The second kappa shape index (κ2) is 8.34. The highest BCUT2D eigenvalue weighted by Crippen LogP contribution is 2.53. The minimum absolute atomic E-state index is 0.118. The van der Waals surface area contributed by atoms with Crippen molar-refractivity contribution in [3.63, 3.8) is 0 Å². The molecule has 7 nitrogen and oxygen atoms in total. The molecule has 3 aromatic heterocycles. The second-order valence-corrected chi connectivity index (χ2v) is 9.24. The lowest BCUT2D eigenvalue weighted by molar-refractivity contribution is -0.109. The van der Waals surface area contributed by atoms with Crippen LogP contribution in [0, 0.1) is 5.82 Å². The largest absolute Gasteiger partial charge is 0.343 e. The first-order chi connectivity index (χ1) is 17.5. The van der Waals surface area contributed by atoms with Gasteiger partial charge in [-0.1, -0.05) is 18.2 Å². The van der Waals surface area contributed by atoms with Gasteiger partial charge >= 0.3 is 0 Å². The van der Waals surface area contributed by atoms with Gasteiger partial charge in [-0.15, -0.1) is 0 Å². The Morgan fingerprint density at radius 2 is 1.92 bits per heavy atom. The van der Waals surface area contributed by atoms with E-state index in [0.717, 1.165) is 29.4 Å². The summed E-state index contributed by atoms with van der Waals surface area (Å²) in [6.45, 7) is 1.53. The van der Waals surface area contributed by atoms with Gasteiger partial charge in [0.05, 0.1) is 29.0 Å². The summed E-state index contributed by atoms with van der Waals surface area (Å²) < 4.78 is 16.8. The Morgan fingerprint density at radius 1 is 1.08 bits per heavy atom. The fourth-order valence-electron chi connectivity index (χ4n) is 4.77. The molecule has 1 amide bonds. The first-order valence-electron chi connectivity index (χ1n) is 11.7. The third-order valence-electron chi connectivity index (χ3n) is 6.87. The van der Waals surface area contributed by atoms with Crippen molar-refractivity contribution in [2.75, 3.05) is 0 Å². The van der Waals surface area contributed by atoms with Crippen LogP contribution in [0.2, 0.25) is 0 Å². The van der Waals surface area contributed by atoms with Crippen LogP contribution >= 0.6 is 0 Å². The molecule has 178 valence electrons. The van der Waals surface area contributed by atoms with Gasteiger partial charge in [0.1, 0.15) is 12.1 Å². The van der Waals surface area contributed by atoms with Gasteiger partial charge in [-0.2, -0.15) is 0 Å². The number of carbonyl (C=O) groups is 2. The summed E-state index contributed by atoms with van der Waals surface area (Å²) in [6, 6.07) is 14.1. The number of fused-ring (bicyclic) bond motifs is 2. The van der Waals surface area contributed by atoms with E-state index in [1.165, 1.54) is 24.6 Å². The van der Waals surface area contributed by atoms with Crippen molar-refractivity contribution < 1.29 is 14.0 Å². The maximum absolute atomic E-state index is 14.8. The van der Waals surface area contributed by atoms with E-state index in [1.54, 1.807) is 18.5 Å². The number of hydrogen-bond acceptors (Lipinski definition) is 5. The molecule has 2 aromatic carbocycles. The van der Waals surface area contributed by atoms with E-state index >= 15 is 0 Å². The number of hydrogen-bond donors (Lipinski definition) is 1. The highest BCUT2D eigenvalue weighted by molar-refractivity contribution is 5.96. The highest BCUT2D eigenvalue weighted by Gasteiger charge is 2.48. The zero-order valence-electron chi connectivity index (χ0n) is 19.5. The summed E-state index contributed by atoms with van der Waals surface area (Å²) in [7, 11) is 0. The van der Waals surface area contributed by atoms with Gasteiger partial charge < -0.3 is 10.1 Å². The van der Waals surface area contributed by atoms with Gasteiger partial charge in [-0.05, 0) is 61.2 Å². The third-order valence-corrected chi connectivity index (χ3v) is 6.87. The molecule has 1 aliphatic rings. The second-order valence-electron chi connectivity index (χ2n) is 9.24. The number of benzene rings is 2. The fraction of sp³-hybridized carbons (Fsp3) is 0.179. The molecule has 36 heavy (non-hydrogen) atoms. The maximum Gasteiger partial charge on any atom is 0.254 e. The third kappa shape index (κ3) is 3.62. The van der Waals surface area contributed by atoms with Crippen LogP contribution in [-0.4, -0.2) is 37.6 Å². The number of imidazole rings is 1. The standard InChI is InChI=1S/C28H22FN5O2/c1-17(16-35)33-26(36)22-6-4-18(12-23(22)29)20-13-31-27-32-14-25(34(27)15-20)28(8-9-28)21-5-7-24-19(11-21)3-2-10-30-24/h2-7,10-17H,8-9H2,1H3,(H,33,36). The topological polar surface area (TPSA) is 89.2 Å². The molecule has 0 aliphatic heterocycles. The predicted octanol–water partition coefficient (Wildman–Crippen LogP) is 4.48. The van der Waals surface area contributed by atoms with Crippen LogP contribution in [0.5, 0.6) is 0 Å². The van der Waals surface area contributed by atoms with Crippen molar-refractivity contribution in [2.24, 2.45) is 0 Å². The average Bonchev–Trinajstić information content (AvgIpc) is 3.60. The molecule has 0 saturated heterocycles. The molecule has 3 heterocycles. The van der Waals surface area contributed by atoms with Gasteiger partial charge in [0.2, 0.25) is 5.78 Å². The Kier molecular flexibility index (Phi) is 5.10. The molecule has 1 fully saturated rings. The van der Waals surface area contributed by atoms with E-state index in [0.29, 0.717) is 23.2 Å². The highest BCUT2D eigenvalue weighted by atomic mass is 19.1. The van der Waals surface area contributed by atoms with Crippen molar-refractivity contribution in [3.05, 3.63) is 96.0 Å². The zero-order chi connectivity index (χ0) is 24.9. The molecule has 5 aromatic rings. The molecular weight excluding hydrogens is 457 g/mol. The number of aldehydes is 1. The van der Waals surface area contributed by atoms with Crippen LogP contribution in [0.3, 0.4) is 0 Å². The Balaban J connectivity index is 1.37. The number of rotatable bonds is 6. The number of nitrogens with zero attached hydrogens (tertiary/aromatic N) is 4. The quantitative estimate of drug-likeness (QED) is 0.363. The minimum Gasteiger partial charge on any atom is -0.343 e. The number of amides is 1. The average molecular weight is 480 g/mol. The summed E-state index contributed by atoms with van der Waals surface area (Å²) in [5.41, 5.74) is 4.21. The summed E-state index contributed by atoms with van der Waals surface area (Å²) in [5.74, 6) is -0.732. The van der Waals surface area contributed by atoms with Gasteiger partial charge in [0.15, 0.2) is 0 Å². The van der Waals surface area contributed by atoms with Crippen molar-refractivity contribution in [2.45, 2.75) is 31.2 Å². The minimum atomic E-state index is -0.698.